The van der Waals surface area contributed by atoms with Crippen LogP contribution in [0.25, 0.3) is 0 Å². The van der Waals surface area contributed by atoms with Gasteiger partial charge in [-0.05, 0) is 62.1 Å². The predicted molar refractivity (Wildman–Crippen MR) is 108 cm³/mol. The molecule has 0 unspecified atom stereocenters. The fraction of sp³-hybridized carbons (Fsp3) is 0.273. The molecule has 0 radical (unpaired) electrons. The van der Waals surface area contributed by atoms with E-state index in [0.29, 0.717) is 25.7 Å². The van der Waals surface area contributed by atoms with Crippen molar-refractivity contribution in [3.05, 3.63) is 58.7 Å². The molecule has 4 N–H and O–H groups in total. The zero-order chi connectivity index (χ0) is 23.4. The zero-order valence-corrected chi connectivity index (χ0v) is 16.7. The molecule has 10 heteroatoms. The van der Waals surface area contributed by atoms with Crippen LogP contribution in [0.15, 0.2) is 36.4 Å². The van der Waals surface area contributed by atoms with E-state index in [2.05, 4.69) is 0 Å². The van der Waals surface area contributed by atoms with Crippen LogP contribution in [0.4, 0.5) is 0 Å². The Labute approximate surface area is 181 Å². The molecule has 0 bridgehead atoms. The fourth-order valence-corrected chi connectivity index (χ4v) is 3.57. The Morgan fingerprint density at radius 2 is 0.875 bits per heavy atom. The maximum Gasteiger partial charge on any atom is 0.336 e. The maximum atomic E-state index is 11.3. The minimum Gasteiger partial charge on any atom is -0.490 e. The van der Waals surface area contributed by atoms with Crippen molar-refractivity contribution in [2.24, 2.45) is 0 Å². The largest absolute Gasteiger partial charge is 0.490 e. The van der Waals surface area contributed by atoms with Crippen molar-refractivity contribution in [3.8, 4) is 11.5 Å². The molecule has 1 aliphatic rings. The molecule has 168 valence electrons. The number of aromatic carboxylic acids is 4. The molecule has 1 saturated carbocycles. The van der Waals surface area contributed by atoms with E-state index in [1.165, 1.54) is 36.4 Å². The van der Waals surface area contributed by atoms with Crippen molar-refractivity contribution in [1.29, 1.82) is 0 Å². The molecule has 3 rings (SSSR count). The third-order valence-corrected chi connectivity index (χ3v) is 5.13. The van der Waals surface area contributed by atoms with E-state index >= 15 is 0 Å². The van der Waals surface area contributed by atoms with Crippen LogP contribution in [0, 0.1) is 0 Å². The van der Waals surface area contributed by atoms with Crippen LogP contribution < -0.4 is 9.47 Å². The second-order valence-corrected chi connectivity index (χ2v) is 7.27. The number of ether oxygens (including phenoxy) is 2. The first-order chi connectivity index (χ1) is 15.2. The Morgan fingerprint density at radius 1 is 0.562 bits per heavy atom. The molecule has 2 aromatic rings. The summed E-state index contributed by atoms with van der Waals surface area (Å²) >= 11 is 0. The van der Waals surface area contributed by atoms with Gasteiger partial charge in [0.1, 0.15) is 11.5 Å². The van der Waals surface area contributed by atoms with Gasteiger partial charge in [0.15, 0.2) is 0 Å². The van der Waals surface area contributed by atoms with Crippen LogP contribution in [-0.2, 0) is 0 Å². The Morgan fingerprint density at radius 3 is 1.16 bits per heavy atom. The number of carboxylic acids is 4. The van der Waals surface area contributed by atoms with Crippen LogP contribution in [0.1, 0.15) is 67.1 Å². The molecule has 10 nitrogen and oxygen atoms in total. The summed E-state index contributed by atoms with van der Waals surface area (Å²) in [7, 11) is 0. The Bertz CT molecular complexity index is 981. The van der Waals surface area contributed by atoms with Gasteiger partial charge in [-0.25, -0.2) is 19.2 Å². The van der Waals surface area contributed by atoms with E-state index in [0.717, 1.165) is 0 Å². The van der Waals surface area contributed by atoms with Crippen LogP contribution in [-0.4, -0.2) is 56.5 Å². The molecule has 32 heavy (non-hydrogen) atoms. The van der Waals surface area contributed by atoms with Gasteiger partial charge in [0.25, 0.3) is 0 Å². The normalized spacial score (nSPS) is 17.9. The van der Waals surface area contributed by atoms with E-state index in [4.69, 9.17) is 19.7 Å². The second-order valence-electron chi connectivity index (χ2n) is 7.27. The highest BCUT2D eigenvalue weighted by Gasteiger charge is 2.26. The summed E-state index contributed by atoms with van der Waals surface area (Å²) in [5.74, 6) is -4.89. The zero-order valence-electron chi connectivity index (χ0n) is 16.7. The third kappa shape index (κ3) is 5.15. The number of carbonyl (C=O) groups is 4. The second kappa shape index (κ2) is 9.38. The molecular formula is C22H20O10. The van der Waals surface area contributed by atoms with Crippen LogP contribution >= 0.6 is 0 Å². The Balaban J connectivity index is 1.61. The minimum atomic E-state index is -1.36. The minimum absolute atomic E-state index is 0.226. The van der Waals surface area contributed by atoms with Gasteiger partial charge < -0.3 is 29.9 Å². The summed E-state index contributed by atoms with van der Waals surface area (Å²) in [4.78, 5) is 44.9. The lowest BCUT2D eigenvalue weighted by Gasteiger charge is -2.29. The Hall–Kier alpha value is -4.08. The number of hydrogen-bond acceptors (Lipinski definition) is 6. The van der Waals surface area contributed by atoms with E-state index in [9.17, 15) is 29.4 Å². The third-order valence-electron chi connectivity index (χ3n) is 5.13. The predicted octanol–water partition coefficient (Wildman–Crippen LogP) is 3.25. The molecule has 0 amide bonds. The summed E-state index contributed by atoms with van der Waals surface area (Å²) in [5.41, 5.74) is -1.36. The van der Waals surface area contributed by atoms with Crippen LogP contribution in [0.3, 0.4) is 0 Å². The lowest BCUT2D eigenvalue weighted by Crippen LogP contribution is -2.30. The van der Waals surface area contributed by atoms with Crippen molar-refractivity contribution >= 4 is 23.9 Å². The summed E-state index contributed by atoms with van der Waals surface area (Å²) in [6.07, 6.45) is 1.85. The van der Waals surface area contributed by atoms with Gasteiger partial charge in [-0.2, -0.15) is 0 Å². The number of carboxylic acid groups (broad SMARTS) is 4. The molecule has 0 atom stereocenters. The van der Waals surface area contributed by atoms with E-state index < -0.39 is 23.9 Å². The van der Waals surface area contributed by atoms with E-state index in [1.807, 2.05) is 0 Å². The summed E-state index contributed by atoms with van der Waals surface area (Å²) in [5, 5.41) is 36.6. The van der Waals surface area contributed by atoms with Gasteiger partial charge >= 0.3 is 23.9 Å². The standard InChI is InChI=1S/C22H20O10/c23-19(24)15-7-5-13(9-17(15)21(27)28)31-11-1-2-12(4-3-11)32-14-6-8-16(20(25)26)18(10-14)22(29)30/h5-12H,1-4H2,(H,23,24)(H,25,26)(H,27,28)(H,29,30). The molecule has 0 saturated heterocycles. The topological polar surface area (TPSA) is 168 Å². The smallest absolute Gasteiger partial charge is 0.336 e. The molecule has 1 aliphatic carbocycles. The molecule has 0 heterocycles. The molecular weight excluding hydrogens is 424 g/mol. The van der Waals surface area contributed by atoms with Crippen molar-refractivity contribution in [1.82, 2.24) is 0 Å². The van der Waals surface area contributed by atoms with Gasteiger partial charge in [0, 0.05) is 0 Å². The first-order valence-corrected chi connectivity index (χ1v) is 9.70. The number of benzene rings is 2. The van der Waals surface area contributed by atoms with Gasteiger partial charge in [-0.3, -0.25) is 0 Å². The SMILES string of the molecule is O=C(O)c1ccc(OC2CCC(Oc3ccc(C(=O)O)c(C(=O)O)c3)CC2)cc1C(=O)O. The van der Waals surface area contributed by atoms with Crippen molar-refractivity contribution in [2.45, 2.75) is 37.9 Å². The van der Waals surface area contributed by atoms with Gasteiger partial charge in [0.05, 0.1) is 34.5 Å². The maximum absolute atomic E-state index is 11.3. The fourth-order valence-electron chi connectivity index (χ4n) is 3.57. The van der Waals surface area contributed by atoms with Crippen LogP contribution in [0.5, 0.6) is 11.5 Å². The molecule has 1 fully saturated rings. The summed E-state index contributed by atoms with van der Waals surface area (Å²) in [6.45, 7) is 0. The monoisotopic (exact) mass is 444 g/mol. The highest BCUT2D eigenvalue weighted by atomic mass is 16.5. The van der Waals surface area contributed by atoms with Crippen LogP contribution in [0.2, 0.25) is 0 Å². The molecule has 0 spiro atoms. The number of rotatable bonds is 8. The molecule has 0 aliphatic heterocycles. The average molecular weight is 444 g/mol. The van der Waals surface area contributed by atoms with E-state index in [-0.39, 0.29) is 46.0 Å². The Kier molecular flexibility index (Phi) is 6.62. The van der Waals surface area contributed by atoms with Gasteiger partial charge in [-0.15, -0.1) is 0 Å². The molecule has 2 aromatic carbocycles. The highest BCUT2D eigenvalue weighted by molar-refractivity contribution is 6.02. The summed E-state index contributed by atoms with van der Waals surface area (Å²) < 4.78 is 11.6. The van der Waals surface area contributed by atoms with Crippen molar-refractivity contribution < 1.29 is 49.1 Å². The first-order valence-electron chi connectivity index (χ1n) is 9.70. The molecule has 0 aromatic heterocycles. The number of hydrogen-bond donors (Lipinski definition) is 4. The van der Waals surface area contributed by atoms with Gasteiger partial charge in [0.2, 0.25) is 0 Å². The lowest BCUT2D eigenvalue weighted by molar-refractivity contribution is 0.0646. The highest BCUT2D eigenvalue weighted by Crippen LogP contribution is 2.29. The van der Waals surface area contributed by atoms with Gasteiger partial charge in [-0.1, -0.05) is 0 Å². The average Bonchev–Trinajstić information content (AvgIpc) is 2.74. The summed E-state index contributed by atoms with van der Waals surface area (Å²) in [6, 6.07) is 7.58. The van der Waals surface area contributed by atoms with Crippen molar-refractivity contribution in [2.75, 3.05) is 0 Å². The van der Waals surface area contributed by atoms with E-state index in [1.54, 1.807) is 0 Å². The first kappa shape index (κ1) is 22.6. The quantitative estimate of drug-likeness (QED) is 0.474. The van der Waals surface area contributed by atoms with Crippen molar-refractivity contribution in [3.63, 3.8) is 0 Å². The lowest BCUT2D eigenvalue weighted by atomic mass is 9.94.